The van der Waals surface area contributed by atoms with Gasteiger partial charge in [-0.3, -0.25) is 4.79 Å². The topological polar surface area (TPSA) is 76.2 Å². The fraction of sp³-hybridized carbons (Fsp3) is 0.500. The van der Waals surface area contributed by atoms with Crippen LogP contribution in [0, 0.1) is 5.82 Å². The molecule has 0 unspecified atom stereocenters. The van der Waals surface area contributed by atoms with E-state index in [1.165, 1.54) is 24.3 Å². The smallest absolute Gasteiger partial charge is 0.436 e. The highest BCUT2D eigenvalue weighted by Crippen LogP contribution is 2.45. The van der Waals surface area contributed by atoms with Crippen LogP contribution in [-0.2, 0) is 19.8 Å². The van der Waals surface area contributed by atoms with Crippen molar-refractivity contribution in [1.82, 2.24) is 10.0 Å². The van der Waals surface area contributed by atoms with Crippen molar-refractivity contribution in [3.8, 4) is 0 Å². The summed E-state index contributed by atoms with van der Waals surface area (Å²) in [5, 5.41) is 1.52. The van der Waals surface area contributed by atoms with Gasteiger partial charge in [0, 0.05) is 0 Å². The fourth-order valence-electron chi connectivity index (χ4n) is 2.88. The lowest BCUT2D eigenvalue weighted by Crippen LogP contribution is -2.78. The molecule has 0 aliphatic carbocycles. The first-order chi connectivity index (χ1) is 12.1. The van der Waals surface area contributed by atoms with E-state index in [2.05, 4.69) is 0 Å². The monoisotopic (exact) mass is 366 g/mol. The Kier molecular flexibility index (Phi) is 5.53. The lowest BCUT2D eigenvalue weighted by atomic mass is 9.81. The van der Waals surface area contributed by atoms with Crippen molar-refractivity contribution in [2.45, 2.75) is 58.8 Å². The first-order valence-electron chi connectivity index (χ1n) is 8.47. The summed E-state index contributed by atoms with van der Waals surface area (Å²) in [6.45, 7) is 8.21. The Bertz CT molecular complexity index is 721. The second-order valence-electron chi connectivity index (χ2n) is 6.52. The molecule has 3 amide bonds. The third-order valence-corrected chi connectivity index (χ3v) is 3.94. The van der Waals surface area contributed by atoms with E-state index in [-0.39, 0.29) is 12.0 Å². The maximum absolute atomic E-state index is 13.7. The number of nitrogens with zero attached hydrogens (tertiary/aromatic N) is 2. The number of hydrogen-bond donors (Lipinski definition) is 0. The normalized spacial score (nSPS) is 19.6. The van der Waals surface area contributed by atoms with Gasteiger partial charge >= 0.3 is 12.2 Å². The summed E-state index contributed by atoms with van der Waals surface area (Å²) < 4.78 is 24.0. The summed E-state index contributed by atoms with van der Waals surface area (Å²) in [4.78, 5) is 37.8. The number of amides is 3. The van der Waals surface area contributed by atoms with Crippen LogP contribution in [0.3, 0.4) is 0 Å². The molecule has 0 spiro atoms. The van der Waals surface area contributed by atoms with Crippen LogP contribution >= 0.6 is 0 Å². The molecular formula is C18H23FN2O5. The van der Waals surface area contributed by atoms with Gasteiger partial charge in [0.15, 0.2) is 5.54 Å². The van der Waals surface area contributed by atoms with Gasteiger partial charge in [0.25, 0.3) is 5.91 Å². The molecule has 2 rings (SSSR count). The zero-order chi connectivity index (χ0) is 19.6. The molecule has 1 saturated heterocycles. The van der Waals surface area contributed by atoms with Gasteiger partial charge in [-0.1, -0.05) is 19.1 Å². The first-order valence-corrected chi connectivity index (χ1v) is 8.47. The van der Waals surface area contributed by atoms with Gasteiger partial charge in [-0.2, -0.15) is 5.01 Å². The molecule has 1 aliphatic heterocycles. The Hall–Kier alpha value is -2.64. The Morgan fingerprint density at radius 1 is 1.12 bits per heavy atom. The summed E-state index contributed by atoms with van der Waals surface area (Å²) in [5.74, 6) is -1.22. The van der Waals surface area contributed by atoms with Gasteiger partial charge in [-0.25, -0.2) is 14.0 Å². The summed E-state index contributed by atoms with van der Waals surface area (Å²) in [6, 6.07) is 5.38. The second kappa shape index (κ2) is 7.31. The summed E-state index contributed by atoms with van der Waals surface area (Å²) in [7, 11) is 0. The standard InChI is InChI=1S/C18H23FN2O5/c1-6-18(13-8-7-9-14(19)10-13)15(22)20(16(23)25-11(2)3)21(18)17(24)26-12(4)5/h7-12H,6H2,1-5H3/t18-/m0/s1. The van der Waals surface area contributed by atoms with Crippen LogP contribution in [0.2, 0.25) is 0 Å². The molecule has 0 bridgehead atoms. The van der Waals surface area contributed by atoms with Crippen LogP contribution in [-0.4, -0.2) is 40.3 Å². The van der Waals surface area contributed by atoms with Crippen molar-refractivity contribution >= 4 is 18.1 Å². The van der Waals surface area contributed by atoms with Crippen LogP contribution in [0.5, 0.6) is 0 Å². The Morgan fingerprint density at radius 3 is 2.19 bits per heavy atom. The van der Waals surface area contributed by atoms with E-state index in [1.54, 1.807) is 34.6 Å². The van der Waals surface area contributed by atoms with Crippen LogP contribution in [0.4, 0.5) is 14.0 Å². The lowest BCUT2D eigenvalue weighted by Gasteiger charge is -2.54. The van der Waals surface area contributed by atoms with Crippen molar-refractivity contribution in [2.75, 3.05) is 0 Å². The molecule has 26 heavy (non-hydrogen) atoms. The molecule has 0 aromatic heterocycles. The highest BCUT2D eigenvalue weighted by molar-refractivity contribution is 6.06. The maximum atomic E-state index is 13.7. The van der Waals surface area contributed by atoms with Crippen LogP contribution < -0.4 is 0 Å². The number of carbonyl (C=O) groups excluding carboxylic acids is 3. The van der Waals surface area contributed by atoms with Crippen molar-refractivity contribution in [1.29, 1.82) is 0 Å². The Morgan fingerprint density at radius 2 is 1.69 bits per heavy atom. The van der Waals surface area contributed by atoms with Gasteiger partial charge in [-0.05, 0) is 51.8 Å². The van der Waals surface area contributed by atoms with Crippen molar-refractivity contribution in [3.05, 3.63) is 35.6 Å². The zero-order valence-corrected chi connectivity index (χ0v) is 15.5. The maximum Gasteiger partial charge on any atom is 0.436 e. The van der Waals surface area contributed by atoms with Gasteiger partial charge in [0.1, 0.15) is 5.82 Å². The largest absolute Gasteiger partial charge is 0.445 e. The number of carbonyl (C=O) groups is 3. The van der Waals surface area contributed by atoms with Crippen LogP contribution in [0.1, 0.15) is 46.6 Å². The molecular weight excluding hydrogens is 343 g/mol. The average molecular weight is 366 g/mol. The van der Waals surface area contributed by atoms with Crippen LogP contribution in [0.25, 0.3) is 0 Å². The number of benzene rings is 1. The predicted molar refractivity (Wildman–Crippen MR) is 90.3 cm³/mol. The van der Waals surface area contributed by atoms with E-state index in [0.29, 0.717) is 5.01 Å². The Labute approximate surface area is 151 Å². The predicted octanol–water partition coefficient (Wildman–Crippen LogP) is 3.58. The molecule has 142 valence electrons. The minimum atomic E-state index is -1.52. The third-order valence-electron chi connectivity index (χ3n) is 3.94. The zero-order valence-electron chi connectivity index (χ0n) is 15.5. The fourth-order valence-corrected chi connectivity index (χ4v) is 2.88. The molecule has 1 fully saturated rings. The van der Waals surface area contributed by atoms with E-state index in [0.717, 1.165) is 5.01 Å². The molecule has 1 aromatic carbocycles. The van der Waals surface area contributed by atoms with E-state index < -0.39 is 41.7 Å². The summed E-state index contributed by atoms with van der Waals surface area (Å²) >= 11 is 0. The molecule has 1 atom stereocenters. The van der Waals surface area contributed by atoms with Gasteiger partial charge < -0.3 is 9.47 Å². The number of halogens is 1. The molecule has 1 aromatic rings. The van der Waals surface area contributed by atoms with Crippen molar-refractivity contribution in [3.63, 3.8) is 0 Å². The molecule has 0 saturated carbocycles. The Balaban J connectivity index is 2.50. The highest BCUT2D eigenvalue weighted by Gasteiger charge is 2.65. The van der Waals surface area contributed by atoms with Crippen LogP contribution in [0.15, 0.2) is 24.3 Å². The SMILES string of the molecule is CC[C@]1(c2cccc(F)c2)C(=O)N(C(=O)OC(C)C)N1C(=O)OC(C)C. The quantitative estimate of drug-likeness (QED) is 0.814. The molecule has 0 N–H and O–H groups in total. The first kappa shape index (κ1) is 19.7. The van der Waals surface area contributed by atoms with E-state index in [9.17, 15) is 18.8 Å². The molecule has 1 heterocycles. The lowest BCUT2D eigenvalue weighted by molar-refractivity contribution is -0.205. The number of ether oxygens (including phenoxy) is 2. The summed E-state index contributed by atoms with van der Waals surface area (Å²) in [6.07, 6.45) is -2.68. The second-order valence-corrected chi connectivity index (χ2v) is 6.52. The van der Waals surface area contributed by atoms with Gasteiger partial charge in [0.2, 0.25) is 0 Å². The number of rotatable bonds is 4. The molecule has 0 radical (unpaired) electrons. The van der Waals surface area contributed by atoms with E-state index >= 15 is 0 Å². The number of hydrazine groups is 1. The van der Waals surface area contributed by atoms with E-state index in [1.807, 2.05) is 0 Å². The number of imide groups is 1. The third kappa shape index (κ3) is 3.23. The van der Waals surface area contributed by atoms with Gasteiger partial charge in [0.05, 0.1) is 12.2 Å². The minimum absolute atomic E-state index is 0.133. The van der Waals surface area contributed by atoms with Crippen molar-refractivity contribution < 1.29 is 28.2 Å². The summed E-state index contributed by atoms with van der Waals surface area (Å²) in [5.41, 5.74) is -1.26. The highest BCUT2D eigenvalue weighted by atomic mass is 19.1. The molecule has 1 aliphatic rings. The molecule has 8 heteroatoms. The minimum Gasteiger partial charge on any atom is -0.445 e. The van der Waals surface area contributed by atoms with Crippen molar-refractivity contribution in [2.24, 2.45) is 0 Å². The average Bonchev–Trinajstić information content (AvgIpc) is 2.51. The van der Waals surface area contributed by atoms with Gasteiger partial charge in [-0.15, -0.1) is 5.01 Å². The number of hydrogen-bond acceptors (Lipinski definition) is 5. The van der Waals surface area contributed by atoms with E-state index in [4.69, 9.17) is 9.47 Å². The molecule has 7 nitrogen and oxygen atoms in total.